The largest absolute Gasteiger partial charge is 0.393 e. The molecule has 1 saturated carbocycles. The zero-order valence-corrected chi connectivity index (χ0v) is 19.1. The van der Waals surface area contributed by atoms with Gasteiger partial charge in [-0.25, -0.2) is 4.98 Å². The topological polar surface area (TPSA) is 136 Å². The van der Waals surface area contributed by atoms with E-state index in [1.165, 1.54) is 6.20 Å². The van der Waals surface area contributed by atoms with Gasteiger partial charge >= 0.3 is 0 Å². The molecule has 11 nitrogen and oxygen atoms in total. The van der Waals surface area contributed by atoms with Gasteiger partial charge in [-0.15, -0.1) is 0 Å². The second-order valence-electron chi connectivity index (χ2n) is 8.99. The summed E-state index contributed by atoms with van der Waals surface area (Å²) in [7, 11) is 1.77. The van der Waals surface area contributed by atoms with Crippen LogP contribution in [0.2, 0.25) is 0 Å². The standard InChI is InChI=1S/C23H31N7O4/c1-24-20-11-19(27-18-5-2-8-29(23(18)33)15-4-3-9-34-13-15)28-21-17(12-25-30(20)21)22(32)26-14-6-7-16(31)10-14/h2,5,8,11-12,14-16,23-24,31,33H,3-4,6-7,9-10,13H2,1H3,(H,26,32)(H,27,28)/t14?,15-,16-,23?/m1/s1. The van der Waals surface area contributed by atoms with Gasteiger partial charge in [-0.3, -0.25) is 4.79 Å². The molecule has 3 aliphatic rings. The van der Waals surface area contributed by atoms with E-state index in [2.05, 4.69) is 26.0 Å². The van der Waals surface area contributed by atoms with Crippen molar-refractivity contribution in [2.24, 2.45) is 0 Å². The third kappa shape index (κ3) is 4.46. The summed E-state index contributed by atoms with van der Waals surface area (Å²) < 4.78 is 7.16. The highest BCUT2D eigenvalue weighted by molar-refractivity contribution is 6.00. The first-order chi connectivity index (χ1) is 16.5. The Morgan fingerprint density at radius 3 is 2.88 bits per heavy atom. The van der Waals surface area contributed by atoms with E-state index in [1.54, 1.807) is 17.6 Å². The number of amides is 1. The third-order valence-corrected chi connectivity index (χ3v) is 6.64. The Balaban J connectivity index is 1.38. The molecule has 2 aromatic rings. The summed E-state index contributed by atoms with van der Waals surface area (Å²) in [6.45, 7) is 1.33. The van der Waals surface area contributed by atoms with Crippen LogP contribution in [0.1, 0.15) is 42.5 Å². The molecular formula is C23H31N7O4. The van der Waals surface area contributed by atoms with Crippen molar-refractivity contribution < 1.29 is 19.7 Å². The Labute approximate surface area is 197 Å². The average molecular weight is 470 g/mol. The molecular weight excluding hydrogens is 438 g/mol. The van der Waals surface area contributed by atoms with Crippen molar-refractivity contribution >= 4 is 23.2 Å². The van der Waals surface area contributed by atoms with Crippen LogP contribution in [0.3, 0.4) is 0 Å². The summed E-state index contributed by atoms with van der Waals surface area (Å²) >= 11 is 0. The molecule has 0 radical (unpaired) electrons. The van der Waals surface area contributed by atoms with Gasteiger partial charge in [-0.1, -0.05) is 0 Å². The zero-order valence-electron chi connectivity index (χ0n) is 19.1. The second kappa shape index (κ2) is 9.61. The number of aliphatic hydroxyl groups is 2. The molecule has 5 rings (SSSR count). The highest BCUT2D eigenvalue weighted by Gasteiger charge is 2.29. The van der Waals surface area contributed by atoms with Crippen molar-refractivity contribution in [2.45, 2.75) is 56.5 Å². The molecule has 2 fully saturated rings. The predicted octanol–water partition coefficient (Wildman–Crippen LogP) is 1.04. The van der Waals surface area contributed by atoms with Gasteiger partial charge in [0.15, 0.2) is 11.9 Å². The third-order valence-electron chi connectivity index (χ3n) is 6.64. The Hall–Kier alpha value is -3.15. The summed E-state index contributed by atoms with van der Waals surface area (Å²) in [4.78, 5) is 19.5. The normalized spacial score (nSPS) is 27.0. The number of carbonyl (C=O) groups is 1. The number of hydrogen-bond donors (Lipinski definition) is 5. The first-order valence-corrected chi connectivity index (χ1v) is 11.8. The lowest BCUT2D eigenvalue weighted by molar-refractivity contribution is -0.0257. The average Bonchev–Trinajstić information content (AvgIpc) is 3.46. The van der Waals surface area contributed by atoms with E-state index in [1.807, 2.05) is 23.3 Å². The molecule has 2 aromatic heterocycles. The maximum atomic E-state index is 12.9. The minimum atomic E-state index is -0.866. The molecule has 4 atom stereocenters. The van der Waals surface area contributed by atoms with Crippen LogP contribution in [0.25, 0.3) is 5.65 Å². The van der Waals surface area contributed by atoms with Crippen LogP contribution in [0.15, 0.2) is 36.3 Å². The fourth-order valence-corrected chi connectivity index (χ4v) is 4.83. The number of anilines is 2. The van der Waals surface area contributed by atoms with Gasteiger partial charge in [-0.05, 0) is 44.3 Å². The minimum Gasteiger partial charge on any atom is -0.393 e. The fraction of sp³-hybridized carbons (Fsp3) is 0.522. The van der Waals surface area contributed by atoms with Crippen LogP contribution in [-0.4, -0.2) is 80.3 Å². The van der Waals surface area contributed by atoms with Crippen LogP contribution < -0.4 is 16.0 Å². The number of aromatic nitrogens is 3. The van der Waals surface area contributed by atoms with Crippen LogP contribution in [-0.2, 0) is 4.74 Å². The number of aliphatic hydroxyl groups excluding tert-OH is 2. The van der Waals surface area contributed by atoms with E-state index < -0.39 is 6.23 Å². The molecule has 11 heteroatoms. The van der Waals surface area contributed by atoms with Crippen LogP contribution in [0, 0.1) is 0 Å². The maximum absolute atomic E-state index is 12.9. The van der Waals surface area contributed by atoms with Crippen molar-refractivity contribution in [1.29, 1.82) is 0 Å². The van der Waals surface area contributed by atoms with E-state index in [4.69, 9.17) is 4.74 Å². The van der Waals surface area contributed by atoms with Crippen molar-refractivity contribution in [3.05, 3.63) is 41.9 Å². The van der Waals surface area contributed by atoms with E-state index in [9.17, 15) is 15.0 Å². The van der Waals surface area contributed by atoms with Crippen molar-refractivity contribution in [2.75, 3.05) is 30.9 Å². The summed E-state index contributed by atoms with van der Waals surface area (Å²) in [5.41, 5.74) is 1.32. The monoisotopic (exact) mass is 469 g/mol. The first-order valence-electron chi connectivity index (χ1n) is 11.8. The van der Waals surface area contributed by atoms with Gasteiger partial charge in [0.25, 0.3) is 5.91 Å². The smallest absolute Gasteiger partial charge is 0.256 e. The van der Waals surface area contributed by atoms with Gasteiger partial charge in [0.05, 0.1) is 30.6 Å². The molecule has 5 N–H and O–H groups in total. The number of rotatable bonds is 6. The van der Waals surface area contributed by atoms with Gasteiger partial charge in [0, 0.05) is 32.0 Å². The van der Waals surface area contributed by atoms with Gasteiger partial charge in [0.1, 0.15) is 17.2 Å². The molecule has 4 heterocycles. The lowest BCUT2D eigenvalue weighted by Crippen LogP contribution is -2.46. The molecule has 1 saturated heterocycles. The SMILES string of the molecule is CNc1cc(NC2=CC=CN([C@@H]3CCCOC3)C2O)nc2c(C(=O)NC3CC[C@@H](O)C3)cnn12. The quantitative estimate of drug-likeness (QED) is 0.420. The zero-order chi connectivity index (χ0) is 23.7. The van der Waals surface area contributed by atoms with Gasteiger partial charge in [0.2, 0.25) is 0 Å². The van der Waals surface area contributed by atoms with E-state index in [-0.39, 0.29) is 24.1 Å². The summed E-state index contributed by atoms with van der Waals surface area (Å²) in [6, 6.07) is 1.81. The van der Waals surface area contributed by atoms with Crippen molar-refractivity contribution in [1.82, 2.24) is 24.8 Å². The molecule has 1 amide bonds. The fourth-order valence-electron chi connectivity index (χ4n) is 4.83. The number of allylic oxidation sites excluding steroid dienone is 2. The van der Waals surface area contributed by atoms with E-state index in [0.29, 0.717) is 48.0 Å². The molecule has 0 aromatic carbocycles. The Morgan fingerprint density at radius 1 is 1.26 bits per heavy atom. The van der Waals surface area contributed by atoms with Gasteiger partial charge < -0.3 is 35.8 Å². The molecule has 2 aliphatic heterocycles. The number of nitrogens with zero attached hydrogens (tertiary/aromatic N) is 4. The van der Waals surface area contributed by atoms with Crippen molar-refractivity contribution in [3.63, 3.8) is 0 Å². The Kier molecular flexibility index (Phi) is 6.40. The van der Waals surface area contributed by atoms with Crippen LogP contribution in [0.4, 0.5) is 11.6 Å². The highest BCUT2D eigenvalue weighted by Crippen LogP contribution is 2.26. The number of ether oxygens (including phenoxy) is 1. The molecule has 0 bridgehead atoms. The van der Waals surface area contributed by atoms with E-state index >= 15 is 0 Å². The molecule has 0 spiro atoms. The lowest BCUT2D eigenvalue weighted by Gasteiger charge is -2.39. The molecule has 2 unspecified atom stereocenters. The predicted molar refractivity (Wildman–Crippen MR) is 126 cm³/mol. The Morgan fingerprint density at radius 2 is 2.15 bits per heavy atom. The van der Waals surface area contributed by atoms with Crippen LogP contribution >= 0.6 is 0 Å². The first kappa shape index (κ1) is 22.6. The Bertz CT molecular complexity index is 1110. The number of carbonyl (C=O) groups excluding carboxylic acids is 1. The van der Waals surface area contributed by atoms with E-state index in [0.717, 1.165) is 25.9 Å². The molecule has 34 heavy (non-hydrogen) atoms. The maximum Gasteiger partial charge on any atom is 0.256 e. The van der Waals surface area contributed by atoms with Crippen LogP contribution in [0.5, 0.6) is 0 Å². The highest BCUT2D eigenvalue weighted by atomic mass is 16.5. The number of nitrogens with one attached hydrogen (secondary N) is 3. The number of hydrogen-bond acceptors (Lipinski definition) is 9. The molecule has 1 aliphatic carbocycles. The number of fused-ring (bicyclic) bond motifs is 1. The summed E-state index contributed by atoms with van der Waals surface area (Å²) in [5.74, 6) is 0.842. The summed E-state index contributed by atoms with van der Waals surface area (Å²) in [6.07, 6.45) is 9.73. The van der Waals surface area contributed by atoms with Gasteiger partial charge in [-0.2, -0.15) is 9.61 Å². The minimum absolute atomic E-state index is 0.0633. The lowest BCUT2D eigenvalue weighted by atomic mass is 10.1. The van der Waals surface area contributed by atoms with Crippen molar-refractivity contribution in [3.8, 4) is 0 Å². The second-order valence-corrected chi connectivity index (χ2v) is 8.99. The summed E-state index contributed by atoms with van der Waals surface area (Å²) in [5, 5.41) is 34.4. The molecule has 182 valence electrons.